The molecule has 0 aliphatic rings. The average Bonchev–Trinajstić information content (AvgIpc) is 3.11. The minimum atomic E-state index is -0.391. The van der Waals surface area contributed by atoms with E-state index in [1.165, 1.54) is 17.4 Å². The molecular formula is C19H18FN3OS. The highest BCUT2D eigenvalue weighted by Crippen LogP contribution is 2.24. The Morgan fingerprint density at radius 3 is 2.84 bits per heavy atom. The Morgan fingerprint density at radius 1 is 1.24 bits per heavy atom. The third-order valence-electron chi connectivity index (χ3n) is 3.37. The van der Waals surface area contributed by atoms with E-state index in [4.69, 9.17) is 4.74 Å². The fraction of sp³-hybridized carbons (Fsp3) is 0.158. The Kier molecular flexibility index (Phi) is 5.74. The number of nitrogens with one attached hydrogen (secondary N) is 1. The van der Waals surface area contributed by atoms with Crippen molar-refractivity contribution >= 4 is 22.7 Å². The van der Waals surface area contributed by atoms with Crippen LogP contribution in [-0.2, 0) is 0 Å². The summed E-state index contributed by atoms with van der Waals surface area (Å²) < 4.78 is 19.2. The molecule has 0 aliphatic carbocycles. The zero-order valence-corrected chi connectivity index (χ0v) is 14.6. The van der Waals surface area contributed by atoms with Gasteiger partial charge in [-0.1, -0.05) is 37.3 Å². The molecule has 0 fully saturated rings. The standard InChI is InChI=1S/C19H18FN3OS/c1-2-10-24-18-9-8-14(11-16(18)20)12-21-23-19-22-17(13-25-19)15-6-4-3-5-7-15/h3-9,11-13H,2,10H2,1H3,(H,22,23). The Balaban J connectivity index is 1.62. The normalized spacial score (nSPS) is 11.0. The Morgan fingerprint density at radius 2 is 2.08 bits per heavy atom. The first-order valence-electron chi connectivity index (χ1n) is 7.98. The highest BCUT2D eigenvalue weighted by molar-refractivity contribution is 7.14. The molecule has 4 nitrogen and oxygen atoms in total. The molecule has 1 aromatic heterocycles. The average molecular weight is 355 g/mol. The van der Waals surface area contributed by atoms with E-state index in [1.54, 1.807) is 18.3 Å². The fourth-order valence-corrected chi connectivity index (χ4v) is 2.82. The van der Waals surface area contributed by atoms with Crippen molar-refractivity contribution in [3.05, 3.63) is 65.3 Å². The second kappa shape index (κ2) is 8.39. The van der Waals surface area contributed by atoms with Gasteiger partial charge in [-0.25, -0.2) is 9.37 Å². The van der Waals surface area contributed by atoms with Crippen LogP contribution in [0, 0.1) is 5.82 Å². The maximum absolute atomic E-state index is 13.9. The van der Waals surface area contributed by atoms with Crippen LogP contribution in [-0.4, -0.2) is 17.8 Å². The minimum Gasteiger partial charge on any atom is -0.491 e. The molecule has 6 heteroatoms. The van der Waals surface area contributed by atoms with E-state index >= 15 is 0 Å². The fourth-order valence-electron chi connectivity index (χ4n) is 2.16. The topological polar surface area (TPSA) is 46.5 Å². The van der Waals surface area contributed by atoms with Crippen LogP contribution < -0.4 is 10.2 Å². The summed E-state index contributed by atoms with van der Waals surface area (Å²) in [7, 11) is 0. The maximum atomic E-state index is 13.9. The number of thiazole rings is 1. The lowest BCUT2D eigenvalue weighted by Crippen LogP contribution is -1.98. The number of hydrazone groups is 1. The van der Waals surface area contributed by atoms with Gasteiger partial charge in [-0.3, -0.25) is 5.43 Å². The SMILES string of the molecule is CCCOc1ccc(C=NNc2nc(-c3ccccc3)cs2)cc1F. The third kappa shape index (κ3) is 4.64. The Labute approximate surface area is 150 Å². The number of hydrogen-bond acceptors (Lipinski definition) is 5. The van der Waals surface area contributed by atoms with Crippen LogP contribution in [0.4, 0.5) is 9.52 Å². The zero-order chi connectivity index (χ0) is 17.5. The van der Waals surface area contributed by atoms with E-state index < -0.39 is 5.82 Å². The number of halogens is 1. The number of ether oxygens (including phenoxy) is 1. The van der Waals surface area contributed by atoms with E-state index in [0.717, 1.165) is 17.7 Å². The highest BCUT2D eigenvalue weighted by atomic mass is 32.1. The van der Waals surface area contributed by atoms with Gasteiger partial charge in [-0.2, -0.15) is 5.10 Å². The minimum absolute atomic E-state index is 0.263. The van der Waals surface area contributed by atoms with Crippen molar-refractivity contribution < 1.29 is 9.13 Å². The van der Waals surface area contributed by atoms with Gasteiger partial charge in [0, 0.05) is 10.9 Å². The molecule has 1 N–H and O–H groups in total. The molecule has 0 amide bonds. The summed E-state index contributed by atoms with van der Waals surface area (Å²) >= 11 is 1.46. The van der Waals surface area contributed by atoms with Crippen molar-refractivity contribution in [1.82, 2.24) is 4.98 Å². The molecule has 0 aliphatic heterocycles. The molecule has 3 aromatic rings. The van der Waals surface area contributed by atoms with Gasteiger partial charge in [0.15, 0.2) is 11.6 Å². The Hall–Kier alpha value is -2.73. The molecule has 2 aromatic carbocycles. The monoisotopic (exact) mass is 355 g/mol. The summed E-state index contributed by atoms with van der Waals surface area (Å²) in [5.41, 5.74) is 5.47. The van der Waals surface area contributed by atoms with Crippen LogP contribution in [0.15, 0.2) is 59.0 Å². The van der Waals surface area contributed by atoms with Crippen LogP contribution in [0.1, 0.15) is 18.9 Å². The predicted molar refractivity (Wildman–Crippen MR) is 101 cm³/mol. The quantitative estimate of drug-likeness (QED) is 0.469. The zero-order valence-electron chi connectivity index (χ0n) is 13.8. The summed E-state index contributed by atoms with van der Waals surface area (Å²) in [5.74, 6) is -0.127. The largest absolute Gasteiger partial charge is 0.491 e. The van der Waals surface area contributed by atoms with Crippen LogP contribution in [0.5, 0.6) is 5.75 Å². The number of nitrogens with zero attached hydrogens (tertiary/aromatic N) is 2. The molecule has 0 saturated carbocycles. The van der Waals surface area contributed by atoms with E-state index in [2.05, 4.69) is 15.5 Å². The number of aromatic nitrogens is 1. The first kappa shape index (κ1) is 17.1. The molecule has 128 valence electrons. The van der Waals surface area contributed by atoms with E-state index in [0.29, 0.717) is 17.3 Å². The van der Waals surface area contributed by atoms with Gasteiger partial charge >= 0.3 is 0 Å². The first-order valence-corrected chi connectivity index (χ1v) is 8.86. The van der Waals surface area contributed by atoms with Gasteiger partial charge in [0.25, 0.3) is 0 Å². The van der Waals surface area contributed by atoms with Gasteiger partial charge in [0.2, 0.25) is 5.13 Å². The van der Waals surface area contributed by atoms with Crippen molar-refractivity contribution in [2.24, 2.45) is 5.10 Å². The summed E-state index contributed by atoms with van der Waals surface area (Å²) in [5, 5.41) is 6.76. The van der Waals surface area contributed by atoms with Crippen molar-refractivity contribution in [2.75, 3.05) is 12.0 Å². The van der Waals surface area contributed by atoms with Crippen molar-refractivity contribution in [3.63, 3.8) is 0 Å². The van der Waals surface area contributed by atoms with Gasteiger partial charge in [-0.15, -0.1) is 11.3 Å². The van der Waals surface area contributed by atoms with Crippen LogP contribution in [0.2, 0.25) is 0 Å². The van der Waals surface area contributed by atoms with Gasteiger partial charge in [-0.05, 0) is 30.2 Å². The lowest BCUT2D eigenvalue weighted by molar-refractivity contribution is 0.301. The molecule has 0 spiro atoms. The number of benzene rings is 2. The molecule has 0 saturated heterocycles. The summed E-state index contributed by atoms with van der Waals surface area (Å²) in [6, 6.07) is 14.7. The van der Waals surface area contributed by atoms with Crippen LogP contribution in [0.25, 0.3) is 11.3 Å². The van der Waals surface area contributed by atoms with Gasteiger partial charge < -0.3 is 4.74 Å². The second-order valence-electron chi connectivity index (χ2n) is 5.31. The van der Waals surface area contributed by atoms with Crippen molar-refractivity contribution in [2.45, 2.75) is 13.3 Å². The van der Waals surface area contributed by atoms with Gasteiger partial charge in [0.05, 0.1) is 18.5 Å². The smallest absolute Gasteiger partial charge is 0.203 e. The van der Waals surface area contributed by atoms with E-state index in [1.807, 2.05) is 42.6 Å². The van der Waals surface area contributed by atoms with Crippen LogP contribution in [0.3, 0.4) is 0 Å². The lowest BCUT2D eigenvalue weighted by atomic mass is 10.2. The lowest BCUT2D eigenvalue weighted by Gasteiger charge is -2.05. The number of anilines is 1. The molecule has 3 rings (SSSR count). The first-order chi connectivity index (χ1) is 12.3. The maximum Gasteiger partial charge on any atom is 0.203 e. The third-order valence-corrected chi connectivity index (χ3v) is 4.11. The predicted octanol–water partition coefficient (Wildman–Crippen LogP) is 5.18. The number of rotatable bonds is 7. The summed E-state index contributed by atoms with van der Waals surface area (Å²) in [4.78, 5) is 4.48. The van der Waals surface area contributed by atoms with Crippen molar-refractivity contribution in [1.29, 1.82) is 0 Å². The van der Waals surface area contributed by atoms with E-state index in [-0.39, 0.29) is 5.75 Å². The number of hydrogen-bond donors (Lipinski definition) is 1. The van der Waals surface area contributed by atoms with Crippen molar-refractivity contribution in [3.8, 4) is 17.0 Å². The molecule has 25 heavy (non-hydrogen) atoms. The molecular weight excluding hydrogens is 337 g/mol. The highest BCUT2D eigenvalue weighted by Gasteiger charge is 2.04. The van der Waals surface area contributed by atoms with E-state index in [9.17, 15) is 4.39 Å². The molecule has 0 unspecified atom stereocenters. The molecule has 0 atom stereocenters. The summed E-state index contributed by atoms with van der Waals surface area (Å²) in [6.45, 7) is 2.48. The molecule has 0 bridgehead atoms. The Bertz CT molecular complexity index is 849. The van der Waals surface area contributed by atoms with Crippen LogP contribution >= 0.6 is 11.3 Å². The second-order valence-corrected chi connectivity index (χ2v) is 6.17. The molecule has 1 heterocycles. The molecule has 0 radical (unpaired) electrons. The van der Waals surface area contributed by atoms with Gasteiger partial charge in [0.1, 0.15) is 0 Å². The summed E-state index contributed by atoms with van der Waals surface area (Å²) in [6.07, 6.45) is 2.39.